The molecule has 8 aromatic rings. The molecule has 0 amide bonds. The SMILES string of the molecule is c1ccc(-c2ccc3c(c2)oc2cccc(C4=NC(c5ccccc5)NC(c5cccc6c5oc5ccccc56)N4)c23)cc1. The first-order valence-electron chi connectivity index (χ1n) is 14.9. The van der Waals surface area contributed by atoms with Crippen molar-refractivity contribution in [1.29, 1.82) is 0 Å². The third kappa shape index (κ3) is 4.02. The van der Waals surface area contributed by atoms with Crippen molar-refractivity contribution in [2.75, 3.05) is 0 Å². The highest BCUT2D eigenvalue weighted by atomic mass is 16.3. The van der Waals surface area contributed by atoms with E-state index < -0.39 is 0 Å². The predicted molar refractivity (Wildman–Crippen MR) is 178 cm³/mol. The van der Waals surface area contributed by atoms with Gasteiger partial charge in [-0.15, -0.1) is 0 Å². The average Bonchev–Trinajstić information content (AvgIpc) is 3.67. The van der Waals surface area contributed by atoms with Gasteiger partial charge in [-0.05, 0) is 41.0 Å². The lowest BCUT2D eigenvalue weighted by molar-refractivity contribution is 0.408. The van der Waals surface area contributed by atoms with Crippen molar-refractivity contribution in [3.05, 3.63) is 156 Å². The molecule has 0 radical (unpaired) electrons. The van der Waals surface area contributed by atoms with Gasteiger partial charge in [-0.3, -0.25) is 5.32 Å². The summed E-state index contributed by atoms with van der Waals surface area (Å²) in [5, 5.41) is 11.8. The zero-order chi connectivity index (χ0) is 29.0. The van der Waals surface area contributed by atoms with Crippen molar-refractivity contribution in [1.82, 2.24) is 10.6 Å². The first-order valence-corrected chi connectivity index (χ1v) is 14.9. The molecule has 2 N–H and O–H groups in total. The highest BCUT2D eigenvalue weighted by Gasteiger charge is 2.29. The summed E-state index contributed by atoms with van der Waals surface area (Å²) >= 11 is 0. The number of amidine groups is 1. The molecule has 1 aliphatic rings. The van der Waals surface area contributed by atoms with E-state index in [0.717, 1.165) is 77.5 Å². The fraction of sp³-hybridized carbons (Fsp3) is 0.0513. The molecule has 0 spiro atoms. The van der Waals surface area contributed by atoms with E-state index in [-0.39, 0.29) is 12.3 Å². The Morgan fingerprint density at radius 3 is 2.18 bits per heavy atom. The van der Waals surface area contributed by atoms with Crippen LogP contribution in [0.5, 0.6) is 0 Å². The van der Waals surface area contributed by atoms with Crippen LogP contribution < -0.4 is 10.6 Å². The second kappa shape index (κ2) is 9.97. The van der Waals surface area contributed by atoms with Crippen LogP contribution in [-0.2, 0) is 0 Å². The molecule has 5 nitrogen and oxygen atoms in total. The van der Waals surface area contributed by atoms with E-state index in [9.17, 15) is 0 Å². The first-order chi connectivity index (χ1) is 21.8. The highest BCUT2D eigenvalue weighted by Crippen LogP contribution is 2.37. The third-order valence-corrected chi connectivity index (χ3v) is 8.58. The van der Waals surface area contributed by atoms with Crippen molar-refractivity contribution < 1.29 is 8.83 Å². The predicted octanol–water partition coefficient (Wildman–Crippen LogP) is 9.49. The van der Waals surface area contributed by atoms with Gasteiger partial charge >= 0.3 is 0 Å². The fourth-order valence-corrected chi connectivity index (χ4v) is 6.49. The molecule has 2 aromatic heterocycles. The lowest BCUT2D eigenvalue weighted by atomic mass is 10.00. The van der Waals surface area contributed by atoms with E-state index in [4.69, 9.17) is 13.8 Å². The quantitative estimate of drug-likeness (QED) is 0.222. The van der Waals surface area contributed by atoms with Gasteiger partial charge in [-0.1, -0.05) is 115 Å². The molecule has 0 saturated heterocycles. The molecule has 3 heterocycles. The molecule has 44 heavy (non-hydrogen) atoms. The number of nitrogens with one attached hydrogen (secondary N) is 2. The number of para-hydroxylation sites is 2. The Hall–Kier alpha value is -5.65. The first kappa shape index (κ1) is 24.9. The van der Waals surface area contributed by atoms with Gasteiger partial charge in [0.25, 0.3) is 0 Å². The van der Waals surface area contributed by atoms with E-state index in [0.29, 0.717) is 0 Å². The Morgan fingerprint density at radius 2 is 1.30 bits per heavy atom. The number of nitrogens with zero attached hydrogens (tertiary/aromatic N) is 1. The van der Waals surface area contributed by atoms with Crippen LogP contribution in [0.2, 0.25) is 0 Å². The minimum Gasteiger partial charge on any atom is -0.456 e. The van der Waals surface area contributed by atoms with Crippen LogP contribution in [0.25, 0.3) is 55.0 Å². The smallest absolute Gasteiger partial charge is 0.142 e. The summed E-state index contributed by atoms with van der Waals surface area (Å²) in [5.74, 6) is 0.802. The van der Waals surface area contributed by atoms with Crippen LogP contribution in [0.1, 0.15) is 29.0 Å². The van der Waals surface area contributed by atoms with Crippen LogP contribution >= 0.6 is 0 Å². The number of hydrogen-bond donors (Lipinski definition) is 2. The second-order valence-electron chi connectivity index (χ2n) is 11.2. The Kier molecular flexibility index (Phi) is 5.64. The number of hydrogen-bond acceptors (Lipinski definition) is 5. The summed E-state index contributed by atoms with van der Waals surface area (Å²) in [6, 6.07) is 48.0. The Morgan fingerprint density at radius 1 is 0.545 bits per heavy atom. The number of fused-ring (bicyclic) bond motifs is 6. The van der Waals surface area contributed by atoms with Crippen LogP contribution in [0.15, 0.2) is 153 Å². The topological polar surface area (TPSA) is 62.7 Å². The van der Waals surface area contributed by atoms with Crippen molar-refractivity contribution in [2.45, 2.75) is 12.3 Å². The van der Waals surface area contributed by atoms with Crippen molar-refractivity contribution in [3.63, 3.8) is 0 Å². The standard InChI is InChI=1S/C39H27N3O2/c1-3-11-24(12-4-1)26-21-22-29-34(23-26)43-33-20-10-17-30(35(29)33)38-40-37(25-13-5-2-6-14-25)41-39(42-38)31-18-9-16-28-27-15-7-8-19-32(27)44-36(28)31/h1-23,37,39,41H,(H,40,42). The minimum absolute atomic E-state index is 0.255. The summed E-state index contributed by atoms with van der Waals surface area (Å²) in [4.78, 5) is 5.24. The molecule has 2 unspecified atom stereocenters. The van der Waals surface area contributed by atoms with Gasteiger partial charge in [-0.2, -0.15) is 0 Å². The van der Waals surface area contributed by atoms with Gasteiger partial charge in [0.15, 0.2) is 0 Å². The summed E-state index contributed by atoms with van der Waals surface area (Å²) in [5.41, 5.74) is 8.83. The van der Waals surface area contributed by atoms with Gasteiger partial charge in [0.1, 0.15) is 40.5 Å². The average molecular weight is 570 g/mol. The fourth-order valence-electron chi connectivity index (χ4n) is 6.49. The maximum Gasteiger partial charge on any atom is 0.142 e. The Labute approximate surface area is 253 Å². The Balaban J connectivity index is 1.21. The highest BCUT2D eigenvalue weighted by molar-refractivity contribution is 6.18. The number of aliphatic imine (C=N–C) groups is 1. The number of furan rings is 2. The van der Waals surface area contributed by atoms with E-state index in [1.165, 1.54) is 0 Å². The summed E-state index contributed by atoms with van der Waals surface area (Å²) in [6.45, 7) is 0. The molecule has 0 bridgehead atoms. The van der Waals surface area contributed by atoms with E-state index in [2.05, 4.69) is 114 Å². The molecule has 5 heteroatoms. The minimum atomic E-state index is -0.268. The lowest BCUT2D eigenvalue weighted by Crippen LogP contribution is -2.45. The summed E-state index contributed by atoms with van der Waals surface area (Å²) in [6.07, 6.45) is -0.523. The third-order valence-electron chi connectivity index (χ3n) is 8.58. The zero-order valence-corrected chi connectivity index (χ0v) is 23.7. The molecule has 210 valence electrons. The van der Waals surface area contributed by atoms with E-state index >= 15 is 0 Å². The normalized spacial score (nSPS) is 16.9. The maximum atomic E-state index is 6.45. The van der Waals surface area contributed by atoms with Crippen LogP contribution in [0.4, 0.5) is 0 Å². The largest absolute Gasteiger partial charge is 0.456 e. The van der Waals surface area contributed by atoms with E-state index in [1.807, 2.05) is 36.4 Å². The van der Waals surface area contributed by atoms with E-state index in [1.54, 1.807) is 0 Å². The summed E-state index contributed by atoms with van der Waals surface area (Å²) < 4.78 is 12.9. The van der Waals surface area contributed by atoms with Crippen LogP contribution in [0, 0.1) is 0 Å². The van der Waals surface area contributed by atoms with Gasteiger partial charge in [0, 0.05) is 32.7 Å². The Bertz CT molecular complexity index is 2350. The number of benzene rings is 6. The molecular formula is C39H27N3O2. The molecule has 6 aromatic carbocycles. The monoisotopic (exact) mass is 569 g/mol. The molecule has 2 atom stereocenters. The molecular weight excluding hydrogens is 542 g/mol. The van der Waals surface area contributed by atoms with Crippen molar-refractivity contribution in [3.8, 4) is 11.1 Å². The van der Waals surface area contributed by atoms with Gasteiger partial charge in [0.2, 0.25) is 0 Å². The molecule has 9 rings (SSSR count). The molecule has 0 saturated carbocycles. The van der Waals surface area contributed by atoms with Gasteiger partial charge < -0.3 is 14.2 Å². The molecule has 0 fully saturated rings. The van der Waals surface area contributed by atoms with Gasteiger partial charge in [0.05, 0.1) is 0 Å². The van der Waals surface area contributed by atoms with Crippen molar-refractivity contribution in [2.24, 2.45) is 4.99 Å². The number of rotatable bonds is 4. The second-order valence-corrected chi connectivity index (χ2v) is 11.2. The lowest BCUT2D eigenvalue weighted by Gasteiger charge is -2.32. The molecule has 1 aliphatic heterocycles. The molecule has 0 aliphatic carbocycles. The van der Waals surface area contributed by atoms with Crippen LogP contribution in [0.3, 0.4) is 0 Å². The maximum absolute atomic E-state index is 6.45. The van der Waals surface area contributed by atoms with Crippen molar-refractivity contribution >= 4 is 49.7 Å². The van der Waals surface area contributed by atoms with Gasteiger partial charge in [-0.25, -0.2) is 4.99 Å². The zero-order valence-electron chi connectivity index (χ0n) is 23.7. The van der Waals surface area contributed by atoms with Crippen LogP contribution in [-0.4, -0.2) is 5.84 Å². The summed E-state index contributed by atoms with van der Waals surface area (Å²) in [7, 11) is 0.